The maximum absolute atomic E-state index is 12.5. The molecule has 1 saturated carbocycles. The molecule has 1 aliphatic rings. The first-order valence-corrected chi connectivity index (χ1v) is 7.61. The van der Waals surface area contributed by atoms with Crippen LogP contribution < -0.4 is 0 Å². The Kier molecular flexibility index (Phi) is 5.18. The van der Waals surface area contributed by atoms with Gasteiger partial charge in [0.05, 0.1) is 16.4 Å². The molecule has 1 amide bonds. The van der Waals surface area contributed by atoms with Crippen LogP contribution in [0.1, 0.15) is 39.4 Å². The summed E-state index contributed by atoms with van der Waals surface area (Å²) in [6.07, 6.45) is 3.19. The monoisotopic (exact) mass is 293 g/mol. The summed E-state index contributed by atoms with van der Waals surface area (Å²) >= 11 is 1.36. The first-order chi connectivity index (χ1) is 9.67. The molecule has 108 valence electrons. The first-order valence-electron chi connectivity index (χ1n) is 6.79. The zero-order valence-electron chi connectivity index (χ0n) is 11.6. The minimum Gasteiger partial charge on any atom is -0.395 e. The van der Waals surface area contributed by atoms with Gasteiger partial charge in [-0.3, -0.25) is 4.79 Å². The predicted octanol–water partition coefficient (Wildman–Crippen LogP) is 1.39. The molecule has 5 heteroatoms. The van der Waals surface area contributed by atoms with Gasteiger partial charge in [-0.25, -0.2) is 0 Å². The fourth-order valence-corrected chi connectivity index (χ4v) is 3.23. The third-order valence-corrected chi connectivity index (χ3v) is 4.67. The molecule has 0 saturated heterocycles. The molecule has 0 atom stereocenters. The summed E-state index contributed by atoms with van der Waals surface area (Å²) in [6, 6.07) is 2.11. The highest BCUT2D eigenvalue weighted by Crippen LogP contribution is 2.28. The van der Waals surface area contributed by atoms with Crippen LogP contribution in [-0.2, 0) is 0 Å². The molecular formula is C15H19NO3S. The summed E-state index contributed by atoms with van der Waals surface area (Å²) in [6.45, 7) is 2.11. The number of aliphatic hydroxyl groups excluding tert-OH is 2. The van der Waals surface area contributed by atoms with E-state index in [9.17, 15) is 4.79 Å². The van der Waals surface area contributed by atoms with Gasteiger partial charge < -0.3 is 15.1 Å². The second kappa shape index (κ2) is 6.89. The van der Waals surface area contributed by atoms with E-state index in [0.29, 0.717) is 11.4 Å². The second-order valence-corrected chi connectivity index (χ2v) is 5.94. The number of aryl methyl sites for hydroxylation is 1. The van der Waals surface area contributed by atoms with E-state index in [1.807, 2.05) is 13.0 Å². The van der Waals surface area contributed by atoms with Gasteiger partial charge in [-0.05, 0) is 37.8 Å². The fourth-order valence-electron chi connectivity index (χ4n) is 2.23. The van der Waals surface area contributed by atoms with Gasteiger partial charge in [0, 0.05) is 12.6 Å². The van der Waals surface area contributed by atoms with E-state index in [4.69, 9.17) is 10.2 Å². The van der Waals surface area contributed by atoms with E-state index in [1.54, 1.807) is 4.90 Å². The average Bonchev–Trinajstić information content (AvgIpc) is 2.74. The molecule has 0 aromatic carbocycles. The summed E-state index contributed by atoms with van der Waals surface area (Å²) in [7, 11) is 0. The normalized spacial score (nSPS) is 14.3. The van der Waals surface area contributed by atoms with Crippen molar-refractivity contribution in [1.29, 1.82) is 0 Å². The Labute approximate surface area is 123 Å². The summed E-state index contributed by atoms with van der Waals surface area (Å²) in [5.74, 6) is 5.45. The highest BCUT2D eigenvalue weighted by atomic mass is 32.1. The minimum absolute atomic E-state index is 0.0101. The van der Waals surface area contributed by atoms with Crippen molar-refractivity contribution in [3.05, 3.63) is 21.4 Å². The molecule has 0 aliphatic heterocycles. The molecule has 1 aliphatic carbocycles. The van der Waals surface area contributed by atoms with Gasteiger partial charge >= 0.3 is 0 Å². The molecular weight excluding hydrogens is 274 g/mol. The second-order valence-electron chi connectivity index (χ2n) is 4.89. The SMILES string of the molecule is Cc1cc(C(=O)N(CCO)C2CCC2)sc1C#CCO. The Morgan fingerprint density at radius 1 is 1.50 bits per heavy atom. The van der Waals surface area contributed by atoms with Crippen molar-refractivity contribution in [1.82, 2.24) is 4.90 Å². The molecule has 1 aromatic heterocycles. The predicted molar refractivity (Wildman–Crippen MR) is 78.8 cm³/mol. The molecule has 0 spiro atoms. The van der Waals surface area contributed by atoms with Gasteiger partial charge in [-0.15, -0.1) is 11.3 Å². The Morgan fingerprint density at radius 2 is 2.25 bits per heavy atom. The molecule has 4 nitrogen and oxygen atoms in total. The number of nitrogens with zero attached hydrogens (tertiary/aromatic N) is 1. The van der Waals surface area contributed by atoms with Crippen LogP contribution in [0.3, 0.4) is 0 Å². The minimum atomic E-state index is -0.181. The van der Waals surface area contributed by atoms with Crippen LogP contribution in [0.25, 0.3) is 0 Å². The van der Waals surface area contributed by atoms with E-state index in [-0.39, 0.29) is 25.2 Å². The summed E-state index contributed by atoms with van der Waals surface area (Å²) in [4.78, 5) is 15.8. The lowest BCUT2D eigenvalue weighted by molar-refractivity contribution is 0.0530. The number of amides is 1. The molecule has 1 fully saturated rings. The summed E-state index contributed by atoms with van der Waals surface area (Å²) in [5, 5.41) is 17.9. The lowest BCUT2D eigenvalue weighted by atomic mass is 9.91. The van der Waals surface area contributed by atoms with Crippen LogP contribution in [-0.4, -0.2) is 46.8 Å². The van der Waals surface area contributed by atoms with Gasteiger partial charge in [0.1, 0.15) is 6.61 Å². The van der Waals surface area contributed by atoms with Crippen LogP contribution in [0.15, 0.2) is 6.07 Å². The van der Waals surface area contributed by atoms with Crippen LogP contribution in [0, 0.1) is 18.8 Å². The fraction of sp³-hybridized carbons (Fsp3) is 0.533. The van der Waals surface area contributed by atoms with E-state index >= 15 is 0 Å². The Morgan fingerprint density at radius 3 is 2.80 bits per heavy atom. The lowest BCUT2D eigenvalue weighted by Gasteiger charge is -2.37. The number of aliphatic hydroxyl groups is 2. The van der Waals surface area contributed by atoms with E-state index < -0.39 is 0 Å². The molecule has 1 aromatic rings. The van der Waals surface area contributed by atoms with Crippen molar-refractivity contribution >= 4 is 17.2 Å². The van der Waals surface area contributed by atoms with Gasteiger partial charge in [-0.1, -0.05) is 11.8 Å². The molecule has 1 heterocycles. The Balaban J connectivity index is 2.18. The third-order valence-electron chi connectivity index (χ3n) is 3.53. The smallest absolute Gasteiger partial charge is 0.264 e. The van der Waals surface area contributed by atoms with Crippen LogP contribution in [0.5, 0.6) is 0 Å². The Bertz CT molecular complexity index is 537. The molecule has 0 unspecified atom stereocenters. The van der Waals surface area contributed by atoms with Gasteiger partial charge in [0.25, 0.3) is 5.91 Å². The van der Waals surface area contributed by atoms with E-state index in [0.717, 1.165) is 29.7 Å². The summed E-state index contributed by atoms with van der Waals surface area (Å²) in [5.41, 5.74) is 0.955. The summed E-state index contributed by atoms with van der Waals surface area (Å²) < 4.78 is 0. The molecule has 2 rings (SSSR count). The number of rotatable bonds is 4. The first kappa shape index (κ1) is 15.0. The van der Waals surface area contributed by atoms with E-state index in [1.165, 1.54) is 11.3 Å². The highest BCUT2D eigenvalue weighted by Gasteiger charge is 2.29. The van der Waals surface area contributed by atoms with E-state index in [2.05, 4.69) is 11.8 Å². The number of thiophene rings is 1. The van der Waals surface area contributed by atoms with Gasteiger partial charge in [-0.2, -0.15) is 0 Å². The zero-order chi connectivity index (χ0) is 14.5. The molecule has 0 bridgehead atoms. The van der Waals surface area contributed by atoms with Crippen molar-refractivity contribution in [2.24, 2.45) is 0 Å². The topological polar surface area (TPSA) is 60.8 Å². The lowest BCUT2D eigenvalue weighted by Crippen LogP contribution is -2.45. The molecule has 2 N–H and O–H groups in total. The zero-order valence-corrected chi connectivity index (χ0v) is 12.4. The van der Waals surface area contributed by atoms with Crippen LogP contribution in [0.2, 0.25) is 0 Å². The maximum Gasteiger partial charge on any atom is 0.264 e. The Hall–Kier alpha value is -1.35. The number of carbonyl (C=O) groups excluding carboxylic acids is 1. The van der Waals surface area contributed by atoms with Crippen molar-refractivity contribution in [2.75, 3.05) is 19.8 Å². The quantitative estimate of drug-likeness (QED) is 0.825. The average molecular weight is 293 g/mol. The van der Waals surface area contributed by atoms with Crippen molar-refractivity contribution in [3.8, 4) is 11.8 Å². The maximum atomic E-state index is 12.5. The molecule has 20 heavy (non-hydrogen) atoms. The molecule has 0 radical (unpaired) electrons. The van der Waals surface area contributed by atoms with Gasteiger partial charge in [0.2, 0.25) is 0 Å². The van der Waals surface area contributed by atoms with Crippen LogP contribution in [0.4, 0.5) is 0 Å². The largest absolute Gasteiger partial charge is 0.395 e. The van der Waals surface area contributed by atoms with Crippen molar-refractivity contribution in [2.45, 2.75) is 32.2 Å². The number of hydrogen-bond acceptors (Lipinski definition) is 4. The third kappa shape index (κ3) is 3.21. The van der Waals surface area contributed by atoms with Crippen LogP contribution >= 0.6 is 11.3 Å². The highest BCUT2D eigenvalue weighted by molar-refractivity contribution is 7.14. The number of carbonyl (C=O) groups is 1. The van der Waals surface area contributed by atoms with Crippen molar-refractivity contribution < 1.29 is 15.0 Å². The van der Waals surface area contributed by atoms with Crippen molar-refractivity contribution in [3.63, 3.8) is 0 Å². The number of hydrogen-bond donors (Lipinski definition) is 2. The van der Waals surface area contributed by atoms with Gasteiger partial charge in [0.15, 0.2) is 0 Å². The standard InChI is InChI=1S/C15H19NO3S/c1-11-10-14(20-13(11)6-3-8-17)15(19)16(7-9-18)12-4-2-5-12/h10,12,17-18H,2,4-5,7-9H2,1H3.